The van der Waals surface area contributed by atoms with Gasteiger partial charge in [0.25, 0.3) is 5.91 Å². The molecule has 0 radical (unpaired) electrons. The van der Waals surface area contributed by atoms with E-state index >= 15 is 0 Å². The molecule has 0 fully saturated rings. The van der Waals surface area contributed by atoms with Gasteiger partial charge in [-0.3, -0.25) is 4.79 Å². The third kappa shape index (κ3) is 3.44. The maximum Gasteiger partial charge on any atom is 0.251 e. The summed E-state index contributed by atoms with van der Waals surface area (Å²) < 4.78 is 19.2. The van der Waals surface area contributed by atoms with Gasteiger partial charge in [0.1, 0.15) is 0 Å². The SMILES string of the molecule is CCNC(=O)c1ccc(Oc2cccc(Cl)c2F)c(N)c1. The van der Waals surface area contributed by atoms with E-state index in [9.17, 15) is 9.18 Å². The van der Waals surface area contributed by atoms with Crippen molar-refractivity contribution in [2.75, 3.05) is 12.3 Å². The number of benzene rings is 2. The number of nitrogens with one attached hydrogen (secondary N) is 1. The van der Waals surface area contributed by atoms with E-state index in [1.807, 2.05) is 6.92 Å². The zero-order valence-corrected chi connectivity index (χ0v) is 12.1. The number of hydrogen-bond donors (Lipinski definition) is 2. The molecule has 110 valence electrons. The van der Waals surface area contributed by atoms with Crippen LogP contribution in [0, 0.1) is 5.82 Å². The minimum atomic E-state index is -0.661. The molecule has 3 N–H and O–H groups in total. The summed E-state index contributed by atoms with van der Waals surface area (Å²) in [6.07, 6.45) is 0. The Kier molecular flexibility index (Phi) is 4.65. The van der Waals surface area contributed by atoms with Crippen LogP contribution in [0.15, 0.2) is 36.4 Å². The third-order valence-electron chi connectivity index (χ3n) is 2.75. The van der Waals surface area contributed by atoms with Crippen molar-refractivity contribution in [2.45, 2.75) is 6.92 Å². The predicted octanol–water partition coefficient (Wildman–Crippen LogP) is 3.60. The zero-order chi connectivity index (χ0) is 15.4. The van der Waals surface area contributed by atoms with Crippen LogP contribution < -0.4 is 15.8 Å². The van der Waals surface area contributed by atoms with Gasteiger partial charge in [-0.05, 0) is 37.3 Å². The standard InChI is InChI=1S/C15H14ClFN2O2/c1-2-19-15(20)9-6-7-12(11(18)8-9)21-13-5-3-4-10(16)14(13)17/h3-8H,2,18H2,1H3,(H,19,20). The molecule has 1 amide bonds. The van der Waals surface area contributed by atoms with Crippen LogP contribution in [0.4, 0.5) is 10.1 Å². The average Bonchev–Trinajstić information content (AvgIpc) is 2.46. The van der Waals surface area contributed by atoms with E-state index in [1.54, 1.807) is 12.1 Å². The molecular weight excluding hydrogens is 295 g/mol. The lowest BCUT2D eigenvalue weighted by Gasteiger charge is -2.11. The monoisotopic (exact) mass is 308 g/mol. The first kappa shape index (κ1) is 15.1. The number of halogens is 2. The Morgan fingerprint density at radius 2 is 2.10 bits per heavy atom. The van der Waals surface area contributed by atoms with Gasteiger partial charge in [0.2, 0.25) is 0 Å². The van der Waals surface area contributed by atoms with E-state index in [1.165, 1.54) is 24.3 Å². The van der Waals surface area contributed by atoms with Crippen molar-refractivity contribution >= 4 is 23.2 Å². The van der Waals surface area contributed by atoms with Crippen LogP contribution in [0.3, 0.4) is 0 Å². The van der Waals surface area contributed by atoms with Gasteiger partial charge in [-0.25, -0.2) is 4.39 Å². The summed E-state index contributed by atoms with van der Waals surface area (Å²) in [5.74, 6) is -0.666. The van der Waals surface area contributed by atoms with Crippen LogP contribution in [0.5, 0.6) is 11.5 Å². The van der Waals surface area contributed by atoms with Gasteiger partial charge in [-0.1, -0.05) is 17.7 Å². The fourth-order valence-corrected chi connectivity index (χ4v) is 1.89. The number of ether oxygens (including phenoxy) is 1. The number of carbonyl (C=O) groups is 1. The molecule has 0 aliphatic rings. The van der Waals surface area contributed by atoms with Gasteiger partial charge >= 0.3 is 0 Å². The van der Waals surface area contributed by atoms with Crippen molar-refractivity contribution in [3.05, 3.63) is 52.8 Å². The van der Waals surface area contributed by atoms with Crippen LogP contribution in [0.25, 0.3) is 0 Å². The predicted molar refractivity (Wildman–Crippen MR) is 80.3 cm³/mol. The fraction of sp³-hybridized carbons (Fsp3) is 0.133. The highest BCUT2D eigenvalue weighted by atomic mass is 35.5. The van der Waals surface area contributed by atoms with Crippen molar-refractivity contribution in [3.63, 3.8) is 0 Å². The van der Waals surface area contributed by atoms with Crippen molar-refractivity contribution in [3.8, 4) is 11.5 Å². The minimum Gasteiger partial charge on any atom is -0.452 e. The Hall–Kier alpha value is -2.27. The largest absolute Gasteiger partial charge is 0.452 e. The molecule has 2 aromatic rings. The van der Waals surface area contributed by atoms with E-state index in [0.717, 1.165) is 0 Å². The third-order valence-corrected chi connectivity index (χ3v) is 3.04. The van der Waals surface area contributed by atoms with Gasteiger partial charge < -0.3 is 15.8 Å². The molecule has 2 rings (SSSR count). The molecule has 0 atom stereocenters. The topological polar surface area (TPSA) is 64.3 Å². The summed E-state index contributed by atoms with van der Waals surface area (Å²) >= 11 is 5.68. The molecular formula is C15H14ClFN2O2. The van der Waals surface area contributed by atoms with E-state index in [0.29, 0.717) is 12.1 Å². The second kappa shape index (κ2) is 6.45. The fourth-order valence-electron chi connectivity index (χ4n) is 1.73. The van der Waals surface area contributed by atoms with Crippen molar-refractivity contribution < 1.29 is 13.9 Å². The van der Waals surface area contributed by atoms with Gasteiger partial charge in [0.05, 0.1) is 10.7 Å². The normalized spacial score (nSPS) is 10.2. The lowest BCUT2D eigenvalue weighted by atomic mass is 10.1. The van der Waals surface area contributed by atoms with Crippen molar-refractivity contribution in [1.29, 1.82) is 0 Å². The van der Waals surface area contributed by atoms with E-state index in [4.69, 9.17) is 22.1 Å². The van der Waals surface area contributed by atoms with Crippen LogP contribution >= 0.6 is 11.6 Å². The lowest BCUT2D eigenvalue weighted by Crippen LogP contribution is -2.22. The van der Waals surface area contributed by atoms with Gasteiger partial charge in [-0.15, -0.1) is 0 Å². The second-order valence-electron chi connectivity index (χ2n) is 4.27. The summed E-state index contributed by atoms with van der Waals surface area (Å²) in [7, 11) is 0. The van der Waals surface area contributed by atoms with Crippen molar-refractivity contribution in [1.82, 2.24) is 5.32 Å². The van der Waals surface area contributed by atoms with Crippen LogP contribution in [-0.2, 0) is 0 Å². The number of amides is 1. The maximum atomic E-state index is 13.8. The molecule has 0 aliphatic heterocycles. The molecule has 0 saturated heterocycles. The summed E-state index contributed by atoms with van der Waals surface area (Å²) in [6.45, 7) is 2.34. The average molecular weight is 309 g/mol. The Morgan fingerprint density at radius 1 is 1.33 bits per heavy atom. The van der Waals surface area contributed by atoms with E-state index in [2.05, 4.69) is 5.32 Å². The number of rotatable bonds is 4. The number of nitrogens with two attached hydrogens (primary N) is 1. The number of carbonyl (C=O) groups excluding carboxylic acids is 1. The molecule has 6 heteroatoms. The molecule has 0 heterocycles. The van der Waals surface area contributed by atoms with Crippen LogP contribution in [0.1, 0.15) is 17.3 Å². The highest BCUT2D eigenvalue weighted by Crippen LogP contribution is 2.32. The summed E-state index contributed by atoms with van der Waals surface area (Å²) in [4.78, 5) is 11.7. The highest BCUT2D eigenvalue weighted by molar-refractivity contribution is 6.30. The van der Waals surface area contributed by atoms with Crippen molar-refractivity contribution in [2.24, 2.45) is 0 Å². The smallest absolute Gasteiger partial charge is 0.251 e. The van der Waals surface area contributed by atoms with Gasteiger partial charge in [-0.2, -0.15) is 0 Å². The number of nitrogen functional groups attached to an aromatic ring is 1. The van der Waals surface area contributed by atoms with E-state index in [-0.39, 0.29) is 28.1 Å². The summed E-state index contributed by atoms with van der Waals surface area (Å²) in [5, 5.41) is 2.62. The quantitative estimate of drug-likeness (QED) is 0.848. The van der Waals surface area contributed by atoms with Gasteiger partial charge in [0.15, 0.2) is 17.3 Å². The molecule has 0 bridgehead atoms. The Labute approximate surface area is 126 Å². The molecule has 21 heavy (non-hydrogen) atoms. The molecule has 0 saturated carbocycles. The first-order chi connectivity index (χ1) is 10.0. The minimum absolute atomic E-state index is 0.0278. The highest BCUT2D eigenvalue weighted by Gasteiger charge is 2.12. The van der Waals surface area contributed by atoms with Crippen LogP contribution in [0.2, 0.25) is 5.02 Å². The lowest BCUT2D eigenvalue weighted by molar-refractivity contribution is 0.0956. The molecule has 4 nitrogen and oxygen atoms in total. The second-order valence-corrected chi connectivity index (χ2v) is 4.67. The van der Waals surface area contributed by atoms with E-state index < -0.39 is 5.82 Å². The zero-order valence-electron chi connectivity index (χ0n) is 11.3. The Bertz CT molecular complexity index is 677. The maximum absolute atomic E-state index is 13.8. The van der Waals surface area contributed by atoms with Gasteiger partial charge in [0, 0.05) is 12.1 Å². The molecule has 2 aromatic carbocycles. The first-order valence-electron chi connectivity index (χ1n) is 6.32. The number of anilines is 1. The van der Waals surface area contributed by atoms with Crippen LogP contribution in [-0.4, -0.2) is 12.5 Å². The molecule has 0 unspecified atom stereocenters. The summed E-state index contributed by atoms with van der Waals surface area (Å²) in [5.41, 5.74) is 6.48. The Morgan fingerprint density at radius 3 is 2.76 bits per heavy atom. The molecule has 0 aliphatic carbocycles. The molecule has 0 spiro atoms. The summed E-state index contributed by atoms with van der Waals surface area (Å²) in [6, 6.07) is 8.98. The first-order valence-corrected chi connectivity index (χ1v) is 6.70. The Balaban J connectivity index is 2.25. The number of hydrogen-bond acceptors (Lipinski definition) is 3. The molecule has 0 aromatic heterocycles.